The second kappa shape index (κ2) is 6.16. The van der Waals surface area contributed by atoms with Crippen LogP contribution in [0.4, 0.5) is 0 Å². The lowest BCUT2D eigenvalue weighted by molar-refractivity contribution is -0.119. The molecule has 1 rings (SSSR count). The highest BCUT2D eigenvalue weighted by Gasteiger charge is 2.37. The molecule has 3 heteroatoms. The molecule has 0 aromatic carbocycles. The Balaban J connectivity index is 2.25. The van der Waals surface area contributed by atoms with Crippen molar-refractivity contribution in [1.29, 1.82) is 0 Å². The monoisotopic (exact) mass is 256 g/mol. The van der Waals surface area contributed by atoms with Crippen LogP contribution < -0.4 is 0 Å². The highest BCUT2D eigenvalue weighted by molar-refractivity contribution is 5.81. The minimum atomic E-state index is -0.715. The molecule has 1 saturated carbocycles. The summed E-state index contributed by atoms with van der Waals surface area (Å²) in [5.41, 5.74) is -0.771. The summed E-state index contributed by atoms with van der Waals surface area (Å²) in [5, 5.41) is 10.3. The summed E-state index contributed by atoms with van der Waals surface area (Å²) in [6, 6.07) is 0. The molecule has 1 fully saturated rings. The molecule has 0 amide bonds. The van der Waals surface area contributed by atoms with Gasteiger partial charge in [0.15, 0.2) is 0 Å². The molecule has 0 saturated heterocycles. The molecular formula is C15H28O3. The maximum atomic E-state index is 11.2. The van der Waals surface area contributed by atoms with Gasteiger partial charge in [-0.05, 0) is 39.0 Å². The number of aliphatic hydroxyl groups is 1. The molecular weight excluding hydrogens is 228 g/mol. The summed E-state index contributed by atoms with van der Waals surface area (Å²) >= 11 is 0. The van der Waals surface area contributed by atoms with Crippen LogP contribution in [0.2, 0.25) is 0 Å². The summed E-state index contributed by atoms with van der Waals surface area (Å²) in [6.45, 7) is 6.36. The van der Waals surface area contributed by atoms with Gasteiger partial charge in [0.1, 0.15) is 5.78 Å². The molecule has 0 bridgehead atoms. The smallest absolute Gasteiger partial charge is 0.135 e. The van der Waals surface area contributed by atoms with Gasteiger partial charge in [0.2, 0.25) is 0 Å². The molecule has 2 atom stereocenters. The standard InChI is InChI=1S/C15H28O3/c1-12(6-5-8-14(2,3)18-4)10-15(17)9-7-13(16)11-15/h12,17H,5-11H2,1-4H3. The Morgan fingerprint density at radius 3 is 2.67 bits per heavy atom. The molecule has 3 nitrogen and oxygen atoms in total. The van der Waals surface area contributed by atoms with E-state index in [9.17, 15) is 9.90 Å². The first-order valence-corrected chi connectivity index (χ1v) is 7.06. The van der Waals surface area contributed by atoms with E-state index in [-0.39, 0.29) is 11.4 Å². The topological polar surface area (TPSA) is 46.5 Å². The zero-order valence-corrected chi connectivity index (χ0v) is 12.3. The predicted molar refractivity (Wildman–Crippen MR) is 72.5 cm³/mol. The molecule has 1 aliphatic rings. The minimum absolute atomic E-state index is 0.0556. The highest BCUT2D eigenvalue weighted by Crippen LogP contribution is 2.34. The number of carbonyl (C=O) groups excluding carboxylic acids is 1. The molecule has 0 aromatic rings. The van der Waals surface area contributed by atoms with E-state index in [1.54, 1.807) is 7.11 Å². The third-order valence-corrected chi connectivity index (χ3v) is 4.15. The summed E-state index contributed by atoms with van der Waals surface area (Å²) in [4.78, 5) is 11.2. The Morgan fingerprint density at radius 2 is 2.17 bits per heavy atom. The van der Waals surface area contributed by atoms with Gasteiger partial charge in [-0.2, -0.15) is 0 Å². The summed E-state index contributed by atoms with van der Waals surface area (Å²) < 4.78 is 5.39. The average molecular weight is 256 g/mol. The zero-order chi connectivity index (χ0) is 13.8. The number of carbonyl (C=O) groups is 1. The molecule has 18 heavy (non-hydrogen) atoms. The normalized spacial score (nSPS) is 26.6. The van der Waals surface area contributed by atoms with Crippen molar-refractivity contribution in [3.05, 3.63) is 0 Å². The Morgan fingerprint density at radius 1 is 1.50 bits per heavy atom. The van der Waals surface area contributed by atoms with Crippen molar-refractivity contribution < 1.29 is 14.6 Å². The second-order valence-corrected chi connectivity index (χ2v) is 6.61. The first kappa shape index (κ1) is 15.6. The molecule has 1 N–H and O–H groups in total. The van der Waals surface area contributed by atoms with Crippen LogP contribution in [0.15, 0.2) is 0 Å². The van der Waals surface area contributed by atoms with Gasteiger partial charge in [0, 0.05) is 20.0 Å². The molecule has 106 valence electrons. The highest BCUT2D eigenvalue weighted by atomic mass is 16.5. The van der Waals surface area contributed by atoms with Gasteiger partial charge in [0.25, 0.3) is 0 Å². The molecule has 0 heterocycles. The van der Waals surface area contributed by atoms with E-state index in [1.165, 1.54) is 0 Å². The SMILES string of the molecule is COC(C)(C)CCCC(C)CC1(O)CCC(=O)C1. The quantitative estimate of drug-likeness (QED) is 0.761. The number of ether oxygens (including phenoxy) is 1. The van der Waals surface area contributed by atoms with Gasteiger partial charge in [0.05, 0.1) is 11.2 Å². The number of hydrogen-bond acceptors (Lipinski definition) is 3. The summed E-state index contributed by atoms with van der Waals surface area (Å²) in [5.74, 6) is 0.679. The van der Waals surface area contributed by atoms with Gasteiger partial charge >= 0.3 is 0 Å². The number of methoxy groups -OCH3 is 1. The Hall–Kier alpha value is -0.410. The number of rotatable bonds is 7. The first-order valence-electron chi connectivity index (χ1n) is 7.06. The van der Waals surface area contributed by atoms with Crippen LogP contribution in [0.3, 0.4) is 0 Å². The van der Waals surface area contributed by atoms with E-state index in [2.05, 4.69) is 20.8 Å². The summed E-state index contributed by atoms with van der Waals surface area (Å²) in [6.07, 6.45) is 5.55. The van der Waals surface area contributed by atoms with E-state index >= 15 is 0 Å². The van der Waals surface area contributed by atoms with Crippen molar-refractivity contribution in [1.82, 2.24) is 0 Å². The maximum Gasteiger partial charge on any atom is 0.135 e. The van der Waals surface area contributed by atoms with Crippen LogP contribution in [-0.2, 0) is 9.53 Å². The molecule has 0 spiro atoms. The van der Waals surface area contributed by atoms with Crippen molar-refractivity contribution in [2.24, 2.45) is 5.92 Å². The maximum absolute atomic E-state index is 11.2. The van der Waals surface area contributed by atoms with Crippen molar-refractivity contribution in [2.45, 2.75) is 76.9 Å². The molecule has 0 aliphatic heterocycles. The third kappa shape index (κ3) is 5.07. The van der Waals surface area contributed by atoms with Gasteiger partial charge in [-0.3, -0.25) is 4.79 Å². The lowest BCUT2D eigenvalue weighted by atomic mass is 9.86. The second-order valence-electron chi connectivity index (χ2n) is 6.61. The fourth-order valence-electron chi connectivity index (χ4n) is 2.82. The Labute approximate surface area is 111 Å². The Kier molecular flexibility index (Phi) is 5.35. The van der Waals surface area contributed by atoms with Gasteiger partial charge < -0.3 is 9.84 Å². The van der Waals surface area contributed by atoms with Crippen LogP contribution in [0.25, 0.3) is 0 Å². The van der Waals surface area contributed by atoms with Crippen molar-refractivity contribution in [2.75, 3.05) is 7.11 Å². The third-order valence-electron chi connectivity index (χ3n) is 4.15. The van der Waals surface area contributed by atoms with Gasteiger partial charge in [-0.25, -0.2) is 0 Å². The van der Waals surface area contributed by atoms with Crippen LogP contribution in [0.5, 0.6) is 0 Å². The van der Waals surface area contributed by atoms with Crippen molar-refractivity contribution in [3.8, 4) is 0 Å². The number of Topliss-reactive ketones (excluding diaryl/α,β-unsaturated/α-hetero) is 1. The first-order chi connectivity index (χ1) is 8.26. The fraction of sp³-hybridized carbons (Fsp3) is 0.933. The van der Waals surface area contributed by atoms with Crippen LogP contribution in [0, 0.1) is 5.92 Å². The lowest BCUT2D eigenvalue weighted by Crippen LogP contribution is -2.28. The zero-order valence-electron chi connectivity index (χ0n) is 12.3. The van der Waals surface area contributed by atoms with Crippen molar-refractivity contribution >= 4 is 5.78 Å². The van der Waals surface area contributed by atoms with E-state index in [4.69, 9.17) is 4.74 Å². The van der Waals surface area contributed by atoms with Gasteiger partial charge in [-0.15, -0.1) is 0 Å². The summed E-state index contributed by atoms with van der Waals surface area (Å²) in [7, 11) is 1.75. The average Bonchev–Trinajstić information content (AvgIpc) is 2.58. The lowest BCUT2D eigenvalue weighted by Gasteiger charge is -2.27. The van der Waals surface area contributed by atoms with Gasteiger partial charge in [-0.1, -0.05) is 19.8 Å². The molecule has 2 unspecified atom stereocenters. The number of ketones is 1. The minimum Gasteiger partial charge on any atom is -0.389 e. The largest absolute Gasteiger partial charge is 0.389 e. The number of hydrogen-bond donors (Lipinski definition) is 1. The van der Waals surface area contributed by atoms with Crippen LogP contribution >= 0.6 is 0 Å². The van der Waals surface area contributed by atoms with E-state index < -0.39 is 5.60 Å². The van der Waals surface area contributed by atoms with Crippen molar-refractivity contribution in [3.63, 3.8) is 0 Å². The predicted octanol–water partition coefficient (Wildman–Crippen LogP) is 3.09. The molecule has 0 radical (unpaired) electrons. The Bertz CT molecular complexity index is 285. The van der Waals surface area contributed by atoms with Crippen LogP contribution in [0.1, 0.15) is 65.7 Å². The molecule has 0 aromatic heterocycles. The van der Waals surface area contributed by atoms with E-state index in [1.807, 2.05) is 0 Å². The van der Waals surface area contributed by atoms with E-state index in [0.717, 1.165) is 25.7 Å². The van der Waals surface area contributed by atoms with Crippen LogP contribution in [-0.4, -0.2) is 29.2 Å². The van der Waals surface area contributed by atoms with E-state index in [0.29, 0.717) is 25.2 Å². The fourth-order valence-corrected chi connectivity index (χ4v) is 2.82. The molecule has 1 aliphatic carbocycles.